The highest BCUT2D eigenvalue weighted by atomic mass is 16.5. The normalized spacial score (nSPS) is 16.0. The van der Waals surface area contributed by atoms with Crippen molar-refractivity contribution in [1.29, 1.82) is 10.5 Å². The van der Waals surface area contributed by atoms with Crippen LogP contribution in [0, 0.1) is 22.7 Å². The second-order valence-electron chi connectivity index (χ2n) is 7.42. The first-order valence-corrected chi connectivity index (χ1v) is 10.5. The van der Waals surface area contributed by atoms with Crippen LogP contribution in [-0.4, -0.2) is 50.3 Å². The molecule has 0 amide bonds. The van der Waals surface area contributed by atoms with Crippen molar-refractivity contribution in [3.63, 3.8) is 0 Å². The van der Waals surface area contributed by atoms with Gasteiger partial charge in [-0.25, -0.2) is 0 Å². The van der Waals surface area contributed by atoms with Crippen molar-refractivity contribution in [2.45, 2.75) is 25.3 Å². The van der Waals surface area contributed by atoms with Gasteiger partial charge in [-0.3, -0.25) is 0 Å². The van der Waals surface area contributed by atoms with Crippen LogP contribution in [0.25, 0.3) is 0 Å². The number of nitriles is 2. The van der Waals surface area contributed by atoms with E-state index in [1.165, 1.54) is 6.42 Å². The standard InChI is InChI=1S/C24H28N4O2/c25-17-20-3-7-23(8-4-20)29-15-1-12-27-22-11-14-28(19-22)13-2-16-30-24-9-5-21(18-26)6-10-24/h3-10,22,27H,1-2,11-16,19H2. The Morgan fingerprint density at radius 1 is 0.867 bits per heavy atom. The number of nitrogens with zero attached hydrogens (tertiary/aromatic N) is 3. The van der Waals surface area contributed by atoms with Gasteiger partial charge in [-0.05, 0) is 80.9 Å². The Balaban J connectivity index is 1.21. The summed E-state index contributed by atoms with van der Waals surface area (Å²) in [7, 11) is 0. The molecule has 1 aliphatic rings. The van der Waals surface area contributed by atoms with E-state index in [1.54, 1.807) is 24.3 Å². The van der Waals surface area contributed by atoms with E-state index in [-0.39, 0.29) is 0 Å². The van der Waals surface area contributed by atoms with Gasteiger partial charge in [0.2, 0.25) is 0 Å². The van der Waals surface area contributed by atoms with E-state index in [2.05, 4.69) is 22.4 Å². The molecule has 0 saturated carbocycles. The van der Waals surface area contributed by atoms with Crippen molar-refractivity contribution in [3.8, 4) is 23.6 Å². The minimum absolute atomic E-state index is 0.541. The number of likely N-dealkylation sites (tertiary alicyclic amines) is 1. The SMILES string of the molecule is N#Cc1ccc(OCCCNC2CCN(CCCOc3ccc(C#N)cc3)C2)cc1. The largest absolute Gasteiger partial charge is 0.494 e. The Hall–Kier alpha value is -3.06. The lowest BCUT2D eigenvalue weighted by Crippen LogP contribution is -2.34. The molecule has 0 radical (unpaired) electrons. The third-order valence-corrected chi connectivity index (χ3v) is 5.15. The first kappa shape index (κ1) is 21.6. The van der Waals surface area contributed by atoms with E-state index in [0.717, 1.165) is 50.5 Å². The maximum absolute atomic E-state index is 8.81. The first-order chi connectivity index (χ1) is 14.8. The Morgan fingerprint density at radius 3 is 2.00 bits per heavy atom. The smallest absolute Gasteiger partial charge is 0.119 e. The molecule has 1 N–H and O–H groups in total. The number of hydrogen-bond donors (Lipinski definition) is 1. The Labute approximate surface area is 178 Å². The summed E-state index contributed by atoms with van der Waals surface area (Å²) >= 11 is 0. The van der Waals surface area contributed by atoms with Gasteiger partial charge in [0.05, 0.1) is 36.5 Å². The zero-order chi connectivity index (χ0) is 21.0. The van der Waals surface area contributed by atoms with Crippen molar-refractivity contribution < 1.29 is 9.47 Å². The molecule has 30 heavy (non-hydrogen) atoms. The molecule has 0 aromatic heterocycles. The summed E-state index contributed by atoms with van der Waals surface area (Å²) in [6.45, 7) is 5.53. The number of nitrogens with one attached hydrogen (secondary N) is 1. The van der Waals surface area contributed by atoms with Crippen molar-refractivity contribution >= 4 is 0 Å². The van der Waals surface area contributed by atoms with Crippen LogP contribution in [0.2, 0.25) is 0 Å². The number of benzene rings is 2. The van der Waals surface area contributed by atoms with Crippen molar-refractivity contribution in [3.05, 3.63) is 59.7 Å². The topological polar surface area (TPSA) is 81.3 Å². The van der Waals surface area contributed by atoms with E-state index < -0.39 is 0 Å². The average molecular weight is 405 g/mol. The fourth-order valence-corrected chi connectivity index (χ4v) is 3.50. The van der Waals surface area contributed by atoms with E-state index >= 15 is 0 Å². The monoisotopic (exact) mass is 404 g/mol. The molecule has 1 aliphatic heterocycles. The molecule has 0 bridgehead atoms. The van der Waals surface area contributed by atoms with Crippen LogP contribution >= 0.6 is 0 Å². The van der Waals surface area contributed by atoms with Gasteiger partial charge >= 0.3 is 0 Å². The van der Waals surface area contributed by atoms with Crippen LogP contribution in [0.1, 0.15) is 30.4 Å². The van der Waals surface area contributed by atoms with Gasteiger partial charge in [-0.1, -0.05) is 0 Å². The van der Waals surface area contributed by atoms with Crippen LogP contribution < -0.4 is 14.8 Å². The van der Waals surface area contributed by atoms with Gasteiger partial charge < -0.3 is 19.7 Å². The quantitative estimate of drug-likeness (QED) is 0.579. The molecule has 6 heteroatoms. The third-order valence-electron chi connectivity index (χ3n) is 5.15. The fourth-order valence-electron chi connectivity index (χ4n) is 3.50. The van der Waals surface area contributed by atoms with Crippen LogP contribution in [0.5, 0.6) is 11.5 Å². The molecule has 156 valence electrons. The van der Waals surface area contributed by atoms with E-state index in [1.807, 2.05) is 24.3 Å². The first-order valence-electron chi connectivity index (χ1n) is 10.5. The van der Waals surface area contributed by atoms with Crippen LogP contribution in [0.3, 0.4) is 0 Å². The second-order valence-corrected chi connectivity index (χ2v) is 7.42. The van der Waals surface area contributed by atoms with Crippen LogP contribution in [-0.2, 0) is 0 Å². The zero-order valence-corrected chi connectivity index (χ0v) is 17.2. The van der Waals surface area contributed by atoms with Gasteiger partial charge in [0.15, 0.2) is 0 Å². The predicted octanol–water partition coefficient (Wildman–Crippen LogP) is 3.33. The third kappa shape index (κ3) is 7.08. The summed E-state index contributed by atoms with van der Waals surface area (Å²) in [4.78, 5) is 2.48. The van der Waals surface area contributed by atoms with E-state index in [9.17, 15) is 0 Å². The Kier molecular flexibility index (Phi) is 8.53. The molecule has 2 aromatic rings. The van der Waals surface area contributed by atoms with Gasteiger partial charge in [0.1, 0.15) is 11.5 Å². The van der Waals surface area contributed by atoms with Gasteiger partial charge in [-0.15, -0.1) is 0 Å². The lowest BCUT2D eigenvalue weighted by Gasteiger charge is -2.17. The summed E-state index contributed by atoms with van der Waals surface area (Å²) < 4.78 is 11.5. The molecule has 1 atom stereocenters. The Bertz CT molecular complexity index is 853. The highest BCUT2D eigenvalue weighted by molar-refractivity contribution is 5.35. The van der Waals surface area contributed by atoms with Gasteiger partial charge in [0.25, 0.3) is 0 Å². The minimum Gasteiger partial charge on any atom is -0.494 e. The molecule has 0 aliphatic carbocycles. The molecular formula is C24H28N4O2. The summed E-state index contributed by atoms with van der Waals surface area (Å²) in [5, 5.41) is 21.2. The molecule has 1 fully saturated rings. The number of ether oxygens (including phenoxy) is 2. The summed E-state index contributed by atoms with van der Waals surface area (Å²) in [6.07, 6.45) is 3.12. The van der Waals surface area contributed by atoms with Crippen LogP contribution in [0.4, 0.5) is 0 Å². The average Bonchev–Trinajstić information content (AvgIpc) is 3.25. The van der Waals surface area contributed by atoms with Crippen molar-refractivity contribution in [2.75, 3.05) is 39.4 Å². The maximum Gasteiger partial charge on any atom is 0.119 e. The molecule has 3 rings (SSSR count). The van der Waals surface area contributed by atoms with Gasteiger partial charge in [0, 0.05) is 19.1 Å². The van der Waals surface area contributed by atoms with Crippen molar-refractivity contribution in [2.24, 2.45) is 0 Å². The summed E-state index contributed by atoms with van der Waals surface area (Å²) in [6, 6.07) is 19.2. The predicted molar refractivity (Wildman–Crippen MR) is 115 cm³/mol. The molecule has 0 spiro atoms. The van der Waals surface area contributed by atoms with Crippen molar-refractivity contribution in [1.82, 2.24) is 10.2 Å². The lowest BCUT2D eigenvalue weighted by molar-refractivity contribution is 0.259. The molecule has 6 nitrogen and oxygen atoms in total. The lowest BCUT2D eigenvalue weighted by atomic mass is 10.2. The second kappa shape index (κ2) is 11.8. The molecule has 2 aromatic carbocycles. The number of hydrogen-bond acceptors (Lipinski definition) is 6. The summed E-state index contributed by atoms with van der Waals surface area (Å²) in [5.74, 6) is 1.63. The molecular weight excluding hydrogens is 376 g/mol. The molecule has 1 saturated heterocycles. The highest BCUT2D eigenvalue weighted by Gasteiger charge is 2.21. The molecule has 1 unspecified atom stereocenters. The maximum atomic E-state index is 8.81. The zero-order valence-electron chi connectivity index (χ0n) is 17.2. The highest BCUT2D eigenvalue weighted by Crippen LogP contribution is 2.14. The number of rotatable bonds is 11. The minimum atomic E-state index is 0.541. The van der Waals surface area contributed by atoms with E-state index in [4.69, 9.17) is 20.0 Å². The van der Waals surface area contributed by atoms with Crippen LogP contribution in [0.15, 0.2) is 48.5 Å². The van der Waals surface area contributed by atoms with E-state index in [0.29, 0.717) is 30.4 Å². The van der Waals surface area contributed by atoms with Gasteiger partial charge in [-0.2, -0.15) is 10.5 Å². The fraction of sp³-hybridized carbons (Fsp3) is 0.417. The summed E-state index contributed by atoms with van der Waals surface area (Å²) in [5.41, 5.74) is 1.30. The molecule has 1 heterocycles. The Morgan fingerprint density at radius 2 is 1.43 bits per heavy atom.